The third kappa shape index (κ3) is 5.46. The summed E-state index contributed by atoms with van der Waals surface area (Å²) in [6.45, 7) is 6.34. The summed E-state index contributed by atoms with van der Waals surface area (Å²) < 4.78 is 0. The second-order valence-corrected chi connectivity index (χ2v) is 4.65. The van der Waals surface area contributed by atoms with Gasteiger partial charge >= 0.3 is 6.03 Å². The lowest BCUT2D eigenvalue weighted by Gasteiger charge is -2.31. The minimum atomic E-state index is -0.443. The van der Waals surface area contributed by atoms with E-state index >= 15 is 0 Å². The average molecular weight is 256 g/mol. The highest BCUT2D eigenvalue weighted by atomic mass is 16.2. The Kier molecular flexibility index (Phi) is 6.67. The van der Waals surface area contributed by atoms with Crippen LogP contribution in [0, 0.1) is 5.92 Å². The molecule has 0 aromatic rings. The van der Waals surface area contributed by atoms with Crippen molar-refractivity contribution in [1.82, 2.24) is 20.9 Å². The molecule has 0 atom stereocenters. The molecule has 1 aliphatic rings. The zero-order valence-corrected chi connectivity index (χ0v) is 11.3. The van der Waals surface area contributed by atoms with E-state index in [9.17, 15) is 9.59 Å². The van der Waals surface area contributed by atoms with Crippen molar-refractivity contribution >= 4 is 11.9 Å². The van der Waals surface area contributed by atoms with Crippen LogP contribution in [0.1, 0.15) is 19.8 Å². The van der Waals surface area contributed by atoms with Crippen LogP contribution in [0.5, 0.6) is 0 Å². The number of carbonyl (C=O) groups excluding carboxylic acids is 2. The fraction of sp³-hybridized carbons (Fsp3) is 0.833. The first-order chi connectivity index (χ1) is 8.65. The number of nitrogens with one attached hydrogen (secondary N) is 3. The van der Waals surface area contributed by atoms with E-state index in [1.165, 1.54) is 7.05 Å². The molecule has 1 heterocycles. The Bertz CT molecular complexity index is 275. The van der Waals surface area contributed by atoms with Gasteiger partial charge in [0, 0.05) is 7.05 Å². The standard InChI is InChI=1S/C12H24N4O2/c1-3-14-8-10-4-6-16(7-5-10)9-11(17)15-12(18)13-2/h10,14H,3-9H2,1-2H3,(H2,13,15,17,18). The van der Waals surface area contributed by atoms with Crippen LogP contribution in [0.4, 0.5) is 4.79 Å². The fourth-order valence-corrected chi connectivity index (χ4v) is 2.13. The van der Waals surface area contributed by atoms with Gasteiger partial charge in [-0.15, -0.1) is 0 Å². The maximum Gasteiger partial charge on any atom is 0.321 e. The van der Waals surface area contributed by atoms with Crippen molar-refractivity contribution < 1.29 is 9.59 Å². The molecule has 0 radical (unpaired) electrons. The third-order valence-electron chi connectivity index (χ3n) is 3.24. The van der Waals surface area contributed by atoms with Crippen LogP contribution in [0.3, 0.4) is 0 Å². The lowest BCUT2D eigenvalue weighted by molar-refractivity contribution is -0.121. The molecule has 1 rings (SSSR count). The zero-order chi connectivity index (χ0) is 13.4. The highest BCUT2D eigenvalue weighted by molar-refractivity contribution is 5.95. The van der Waals surface area contributed by atoms with Gasteiger partial charge in [-0.1, -0.05) is 6.92 Å². The number of amides is 3. The number of urea groups is 1. The molecule has 18 heavy (non-hydrogen) atoms. The molecule has 0 aromatic heterocycles. The van der Waals surface area contributed by atoms with Crippen LogP contribution in [0.15, 0.2) is 0 Å². The molecule has 3 N–H and O–H groups in total. The Hall–Kier alpha value is -1.14. The van der Waals surface area contributed by atoms with Crippen LogP contribution < -0.4 is 16.0 Å². The maximum absolute atomic E-state index is 11.5. The molecule has 6 heteroatoms. The first kappa shape index (κ1) is 14.9. The highest BCUT2D eigenvalue weighted by Crippen LogP contribution is 2.15. The minimum absolute atomic E-state index is 0.237. The Morgan fingerprint density at radius 3 is 2.50 bits per heavy atom. The predicted octanol–water partition coefficient (Wildman–Crippen LogP) is -0.236. The minimum Gasteiger partial charge on any atom is -0.341 e. The SMILES string of the molecule is CCNCC1CCN(CC(=O)NC(=O)NC)CC1. The summed E-state index contributed by atoms with van der Waals surface area (Å²) in [5.74, 6) is 0.475. The largest absolute Gasteiger partial charge is 0.341 e. The Morgan fingerprint density at radius 1 is 1.28 bits per heavy atom. The molecular weight excluding hydrogens is 232 g/mol. The van der Waals surface area contributed by atoms with Gasteiger partial charge in [0.25, 0.3) is 0 Å². The summed E-state index contributed by atoms with van der Waals surface area (Å²) in [6.07, 6.45) is 2.22. The first-order valence-corrected chi connectivity index (χ1v) is 6.60. The monoisotopic (exact) mass is 256 g/mol. The van der Waals surface area contributed by atoms with Gasteiger partial charge in [-0.25, -0.2) is 4.79 Å². The number of nitrogens with zero attached hydrogens (tertiary/aromatic N) is 1. The van der Waals surface area contributed by atoms with Gasteiger partial charge in [0.2, 0.25) is 5.91 Å². The second-order valence-electron chi connectivity index (χ2n) is 4.65. The smallest absolute Gasteiger partial charge is 0.321 e. The van der Waals surface area contributed by atoms with Gasteiger partial charge < -0.3 is 10.6 Å². The van der Waals surface area contributed by atoms with Crippen LogP contribution in [-0.4, -0.2) is 56.6 Å². The van der Waals surface area contributed by atoms with Gasteiger partial charge in [0.15, 0.2) is 0 Å². The summed E-state index contributed by atoms with van der Waals surface area (Å²) in [7, 11) is 1.49. The molecular formula is C12H24N4O2. The van der Waals surface area contributed by atoms with Gasteiger partial charge in [0.05, 0.1) is 6.54 Å². The van der Waals surface area contributed by atoms with Crippen molar-refractivity contribution in [1.29, 1.82) is 0 Å². The van der Waals surface area contributed by atoms with Gasteiger partial charge in [0.1, 0.15) is 0 Å². The van der Waals surface area contributed by atoms with E-state index in [2.05, 4.69) is 27.8 Å². The van der Waals surface area contributed by atoms with Crippen molar-refractivity contribution in [3.05, 3.63) is 0 Å². The van der Waals surface area contributed by atoms with Crippen LogP contribution >= 0.6 is 0 Å². The van der Waals surface area contributed by atoms with E-state index in [0.717, 1.165) is 39.0 Å². The van der Waals surface area contributed by atoms with Gasteiger partial charge in [-0.3, -0.25) is 15.0 Å². The van der Waals surface area contributed by atoms with E-state index < -0.39 is 6.03 Å². The summed E-state index contributed by atoms with van der Waals surface area (Å²) in [6, 6.07) is -0.443. The van der Waals surface area contributed by atoms with Crippen LogP contribution in [0.2, 0.25) is 0 Å². The molecule has 104 valence electrons. The lowest BCUT2D eigenvalue weighted by Crippen LogP contribution is -2.46. The van der Waals surface area contributed by atoms with Gasteiger partial charge in [-0.05, 0) is 44.9 Å². The number of carbonyl (C=O) groups is 2. The van der Waals surface area contributed by atoms with Crippen molar-refractivity contribution in [3.63, 3.8) is 0 Å². The van der Waals surface area contributed by atoms with E-state index in [1.54, 1.807) is 0 Å². The van der Waals surface area contributed by atoms with Crippen molar-refractivity contribution in [2.75, 3.05) is 39.8 Å². The molecule has 0 bridgehead atoms. The molecule has 0 unspecified atom stereocenters. The summed E-state index contributed by atoms with van der Waals surface area (Å²) in [4.78, 5) is 24.6. The quantitative estimate of drug-likeness (QED) is 0.635. The normalized spacial score (nSPS) is 17.4. The topological polar surface area (TPSA) is 73.5 Å². The molecule has 0 saturated carbocycles. The molecule has 1 saturated heterocycles. The number of hydrogen-bond donors (Lipinski definition) is 3. The Labute approximate surface area is 108 Å². The highest BCUT2D eigenvalue weighted by Gasteiger charge is 2.20. The molecule has 0 spiro atoms. The molecule has 1 fully saturated rings. The Balaban J connectivity index is 2.18. The summed E-state index contributed by atoms with van der Waals surface area (Å²) in [5, 5.41) is 8.00. The molecule has 0 aliphatic carbocycles. The summed E-state index contributed by atoms with van der Waals surface area (Å²) in [5.41, 5.74) is 0. The zero-order valence-electron chi connectivity index (χ0n) is 11.3. The van der Waals surface area contributed by atoms with Crippen LogP contribution in [0.25, 0.3) is 0 Å². The lowest BCUT2D eigenvalue weighted by atomic mass is 9.97. The second kappa shape index (κ2) is 8.05. The van der Waals surface area contributed by atoms with E-state index in [0.29, 0.717) is 12.5 Å². The Morgan fingerprint density at radius 2 is 1.94 bits per heavy atom. The first-order valence-electron chi connectivity index (χ1n) is 6.60. The van der Waals surface area contributed by atoms with E-state index in [-0.39, 0.29) is 5.91 Å². The maximum atomic E-state index is 11.5. The molecule has 6 nitrogen and oxygen atoms in total. The molecule has 3 amide bonds. The summed E-state index contributed by atoms with van der Waals surface area (Å²) >= 11 is 0. The fourth-order valence-electron chi connectivity index (χ4n) is 2.13. The molecule has 1 aliphatic heterocycles. The number of rotatable bonds is 5. The predicted molar refractivity (Wildman–Crippen MR) is 70.3 cm³/mol. The van der Waals surface area contributed by atoms with Crippen LogP contribution in [-0.2, 0) is 4.79 Å². The average Bonchev–Trinajstić information content (AvgIpc) is 2.37. The number of piperidine rings is 1. The molecule has 0 aromatic carbocycles. The third-order valence-corrected chi connectivity index (χ3v) is 3.24. The van der Waals surface area contributed by atoms with E-state index in [1.807, 2.05) is 0 Å². The number of hydrogen-bond acceptors (Lipinski definition) is 4. The van der Waals surface area contributed by atoms with Gasteiger partial charge in [-0.2, -0.15) is 0 Å². The number of likely N-dealkylation sites (tertiary alicyclic amines) is 1. The van der Waals surface area contributed by atoms with Crippen molar-refractivity contribution in [3.8, 4) is 0 Å². The number of imide groups is 1. The van der Waals surface area contributed by atoms with E-state index in [4.69, 9.17) is 0 Å². The van der Waals surface area contributed by atoms with Crippen molar-refractivity contribution in [2.24, 2.45) is 5.92 Å². The van der Waals surface area contributed by atoms with Crippen molar-refractivity contribution in [2.45, 2.75) is 19.8 Å².